The maximum Gasteiger partial charge on any atom is 0.130 e. The lowest BCUT2D eigenvalue weighted by Gasteiger charge is -2.12. The fourth-order valence-electron chi connectivity index (χ4n) is 3.84. The first-order valence-corrected chi connectivity index (χ1v) is 12.5. The minimum Gasteiger partial charge on any atom is -0.392 e. The number of benzene rings is 3. The van der Waals surface area contributed by atoms with Gasteiger partial charge >= 0.3 is 0 Å². The summed E-state index contributed by atoms with van der Waals surface area (Å²) in [6.45, 7) is 3.81. The summed E-state index contributed by atoms with van der Waals surface area (Å²) in [7, 11) is 0. The van der Waals surface area contributed by atoms with E-state index in [1.165, 1.54) is 30.0 Å². The number of thioether (sulfide) groups is 1. The van der Waals surface area contributed by atoms with E-state index in [1.54, 1.807) is 6.07 Å². The Balaban J connectivity index is 1.71. The van der Waals surface area contributed by atoms with Crippen molar-refractivity contribution in [3.8, 4) is 16.8 Å². The number of imidazole rings is 1. The summed E-state index contributed by atoms with van der Waals surface area (Å²) in [6.07, 6.45) is 4.23. The summed E-state index contributed by atoms with van der Waals surface area (Å²) in [5, 5.41) is 9.96. The van der Waals surface area contributed by atoms with E-state index in [2.05, 4.69) is 13.8 Å². The van der Waals surface area contributed by atoms with Gasteiger partial charge in [0.15, 0.2) is 0 Å². The van der Waals surface area contributed by atoms with E-state index in [1.807, 2.05) is 47.4 Å². The van der Waals surface area contributed by atoms with E-state index >= 15 is 0 Å². The van der Waals surface area contributed by atoms with Crippen molar-refractivity contribution in [3.05, 3.63) is 100 Å². The topological polar surface area (TPSA) is 38.0 Å². The average Bonchev–Trinajstić information content (AvgIpc) is 3.25. The van der Waals surface area contributed by atoms with Crippen LogP contribution >= 0.6 is 23.4 Å². The fraction of sp³-hybridized carbons (Fsp3) is 0.222. The molecule has 0 saturated carbocycles. The van der Waals surface area contributed by atoms with Crippen molar-refractivity contribution in [2.75, 3.05) is 6.26 Å². The van der Waals surface area contributed by atoms with Crippen LogP contribution in [0, 0.1) is 11.6 Å². The molecule has 0 radical (unpaired) electrons. The van der Waals surface area contributed by atoms with Gasteiger partial charge in [-0.05, 0) is 71.3 Å². The molecule has 3 nitrogen and oxygen atoms in total. The van der Waals surface area contributed by atoms with Crippen LogP contribution in [0.5, 0.6) is 0 Å². The van der Waals surface area contributed by atoms with Crippen molar-refractivity contribution in [1.29, 1.82) is 0 Å². The number of hydrogen-bond donors (Lipinski definition) is 1. The van der Waals surface area contributed by atoms with Crippen LogP contribution in [-0.4, -0.2) is 20.9 Å². The highest BCUT2D eigenvalue weighted by atomic mass is 35.5. The van der Waals surface area contributed by atoms with E-state index in [0.29, 0.717) is 27.5 Å². The summed E-state index contributed by atoms with van der Waals surface area (Å²) in [5.41, 5.74) is 4.41. The van der Waals surface area contributed by atoms with Gasteiger partial charge in [-0.1, -0.05) is 37.6 Å². The Labute approximate surface area is 207 Å². The third-order valence-corrected chi connectivity index (χ3v) is 6.93. The molecule has 0 fully saturated rings. The number of rotatable bonds is 7. The molecule has 176 valence electrons. The summed E-state index contributed by atoms with van der Waals surface area (Å²) in [5.74, 6) is 0.223. The first-order valence-electron chi connectivity index (χ1n) is 10.9. The van der Waals surface area contributed by atoms with E-state index in [-0.39, 0.29) is 18.3 Å². The lowest BCUT2D eigenvalue weighted by molar-refractivity contribution is 0.272. The summed E-state index contributed by atoms with van der Waals surface area (Å²) in [4.78, 5) is 5.51. The lowest BCUT2D eigenvalue weighted by atomic mass is 10.0. The van der Waals surface area contributed by atoms with Gasteiger partial charge < -0.3 is 9.67 Å². The second-order valence-electron chi connectivity index (χ2n) is 8.36. The fourth-order valence-corrected chi connectivity index (χ4v) is 4.68. The smallest absolute Gasteiger partial charge is 0.130 e. The molecule has 4 rings (SSSR count). The van der Waals surface area contributed by atoms with Crippen LogP contribution in [0.15, 0.2) is 65.7 Å². The largest absolute Gasteiger partial charge is 0.392 e. The van der Waals surface area contributed by atoms with E-state index < -0.39 is 5.82 Å². The van der Waals surface area contributed by atoms with Gasteiger partial charge in [0.2, 0.25) is 0 Å². The van der Waals surface area contributed by atoms with Gasteiger partial charge in [-0.15, -0.1) is 11.8 Å². The summed E-state index contributed by atoms with van der Waals surface area (Å²) in [6, 6.07) is 15.4. The van der Waals surface area contributed by atoms with Gasteiger partial charge in [-0.25, -0.2) is 13.8 Å². The third-order valence-electron chi connectivity index (χ3n) is 5.76. The molecule has 0 unspecified atom stereocenters. The number of nitrogens with zero attached hydrogens (tertiary/aromatic N) is 2. The van der Waals surface area contributed by atoms with Crippen molar-refractivity contribution in [1.82, 2.24) is 9.55 Å². The van der Waals surface area contributed by atoms with Crippen molar-refractivity contribution in [2.24, 2.45) is 0 Å². The zero-order valence-corrected chi connectivity index (χ0v) is 20.7. The molecule has 0 spiro atoms. The minimum atomic E-state index is -0.418. The average molecular weight is 499 g/mol. The zero-order valence-electron chi connectivity index (χ0n) is 19.1. The molecule has 0 amide bonds. The lowest BCUT2D eigenvalue weighted by Crippen LogP contribution is -2.02. The first kappa shape index (κ1) is 24.5. The monoisotopic (exact) mass is 498 g/mol. The van der Waals surface area contributed by atoms with E-state index in [9.17, 15) is 13.9 Å². The molecule has 3 aromatic carbocycles. The molecule has 1 N–H and O–H groups in total. The van der Waals surface area contributed by atoms with Gasteiger partial charge in [-0.3, -0.25) is 0 Å². The number of aliphatic hydroxyl groups is 1. The second-order valence-corrected chi connectivity index (χ2v) is 9.62. The normalized spacial score (nSPS) is 11.4. The zero-order chi connectivity index (χ0) is 24.4. The Bertz CT molecular complexity index is 1320. The van der Waals surface area contributed by atoms with Crippen molar-refractivity contribution in [2.45, 2.75) is 37.7 Å². The summed E-state index contributed by atoms with van der Waals surface area (Å²) < 4.78 is 30.3. The molecule has 1 heterocycles. The highest BCUT2D eigenvalue weighted by molar-refractivity contribution is 7.98. The predicted molar refractivity (Wildman–Crippen MR) is 135 cm³/mol. The minimum absolute atomic E-state index is 0.222. The number of halogens is 3. The van der Waals surface area contributed by atoms with Crippen LogP contribution < -0.4 is 0 Å². The highest BCUT2D eigenvalue weighted by Crippen LogP contribution is 2.31. The Hall–Kier alpha value is -2.67. The molecule has 0 saturated heterocycles. The van der Waals surface area contributed by atoms with Gasteiger partial charge in [0.1, 0.15) is 17.5 Å². The molecule has 0 aliphatic carbocycles. The van der Waals surface area contributed by atoms with Gasteiger partial charge in [0.05, 0.1) is 12.3 Å². The maximum absolute atomic E-state index is 14.5. The Morgan fingerprint density at radius 2 is 1.76 bits per heavy atom. The molecule has 34 heavy (non-hydrogen) atoms. The molecular weight excluding hydrogens is 474 g/mol. The standard InChI is InChI=1S/C27H25ClF2N2OS/c1-16(2)25-14-32(27(31-25)13-19-10-20(29)6-9-23(19)28)21-7-4-17(5-8-21)18-11-24(30)22(15-33)26(12-18)34-3/h4-12,14,16,33H,13,15H2,1-3H3. The SMILES string of the molecule is CSc1cc(-c2ccc(-n3cc(C(C)C)nc3Cc3cc(F)ccc3Cl)cc2)cc(F)c1CO. The number of aromatic nitrogens is 2. The number of hydrogen-bond acceptors (Lipinski definition) is 3. The molecule has 4 aromatic rings. The molecule has 0 atom stereocenters. The number of aliphatic hydroxyl groups excluding tert-OH is 1. The van der Waals surface area contributed by atoms with Gasteiger partial charge in [0, 0.05) is 33.8 Å². The molecular formula is C27H25ClF2N2OS. The van der Waals surface area contributed by atoms with Crippen molar-refractivity contribution >= 4 is 23.4 Å². The Kier molecular flexibility index (Phi) is 7.41. The second kappa shape index (κ2) is 10.3. The van der Waals surface area contributed by atoms with Crippen molar-refractivity contribution < 1.29 is 13.9 Å². The van der Waals surface area contributed by atoms with Crippen LogP contribution in [0.3, 0.4) is 0 Å². The summed E-state index contributed by atoms with van der Waals surface area (Å²) >= 11 is 7.71. The molecule has 0 aliphatic heterocycles. The maximum atomic E-state index is 14.5. The molecule has 7 heteroatoms. The Morgan fingerprint density at radius 1 is 1.03 bits per heavy atom. The Morgan fingerprint density at radius 3 is 2.41 bits per heavy atom. The third kappa shape index (κ3) is 5.04. The van der Waals surface area contributed by atoms with Crippen molar-refractivity contribution in [3.63, 3.8) is 0 Å². The molecule has 1 aromatic heterocycles. The van der Waals surface area contributed by atoms with Gasteiger partial charge in [-0.2, -0.15) is 0 Å². The first-order chi connectivity index (χ1) is 16.3. The van der Waals surface area contributed by atoms with Gasteiger partial charge in [0.25, 0.3) is 0 Å². The van der Waals surface area contributed by atoms with E-state index in [4.69, 9.17) is 16.6 Å². The molecule has 0 bridgehead atoms. The van der Waals surface area contributed by atoms with Crippen LogP contribution in [-0.2, 0) is 13.0 Å². The van der Waals surface area contributed by atoms with Crippen LogP contribution in [0.25, 0.3) is 16.8 Å². The molecule has 0 aliphatic rings. The predicted octanol–water partition coefficient (Wildman–Crippen LogP) is 7.40. The highest BCUT2D eigenvalue weighted by Gasteiger charge is 2.16. The van der Waals surface area contributed by atoms with Crippen LogP contribution in [0.4, 0.5) is 8.78 Å². The quantitative estimate of drug-likeness (QED) is 0.270. The van der Waals surface area contributed by atoms with E-state index in [0.717, 1.165) is 28.3 Å². The van der Waals surface area contributed by atoms with Crippen LogP contribution in [0.1, 0.15) is 42.4 Å². The van der Waals surface area contributed by atoms with Crippen LogP contribution in [0.2, 0.25) is 5.02 Å².